The van der Waals surface area contributed by atoms with Crippen LogP contribution in [-0.4, -0.2) is 40.7 Å². The highest BCUT2D eigenvalue weighted by atomic mass is 32.2. The van der Waals surface area contributed by atoms with Crippen molar-refractivity contribution in [3.05, 3.63) is 0 Å². The number of amides is 2. The first-order valence-electron chi connectivity index (χ1n) is 6.82. The van der Waals surface area contributed by atoms with Crippen LogP contribution in [0.5, 0.6) is 0 Å². The molecule has 0 aliphatic rings. The minimum absolute atomic E-state index is 0.00318. The molecular weight excluding hydrogens is 264 g/mol. The summed E-state index contributed by atoms with van der Waals surface area (Å²) >= 11 is 1.86. The number of hydrogen-bond acceptors (Lipinski definition) is 3. The molecule has 0 aliphatic carbocycles. The predicted octanol–water partition coefficient (Wildman–Crippen LogP) is 2.46. The van der Waals surface area contributed by atoms with E-state index in [1.807, 2.05) is 25.6 Å². The molecule has 0 aromatic carbocycles. The third-order valence-electron chi connectivity index (χ3n) is 2.68. The number of carboxylic acids is 1. The van der Waals surface area contributed by atoms with Gasteiger partial charge in [-0.25, -0.2) is 4.79 Å². The van der Waals surface area contributed by atoms with Crippen LogP contribution in [0.25, 0.3) is 0 Å². The van der Waals surface area contributed by atoms with Crippen molar-refractivity contribution in [2.75, 3.05) is 11.5 Å². The first kappa shape index (κ1) is 18.1. The number of rotatable bonds is 10. The SMILES string of the molecule is CCSCCC(C)NC(=O)NC(C)CCCC(=O)O. The lowest BCUT2D eigenvalue weighted by Crippen LogP contribution is -2.44. The molecule has 2 atom stereocenters. The van der Waals surface area contributed by atoms with Crippen molar-refractivity contribution < 1.29 is 14.7 Å². The molecule has 0 spiro atoms. The largest absolute Gasteiger partial charge is 0.481 e. The van der Waals surface area contributed by atoms with Crippen LogP contribution < -0.4 is 10.6 Å². The summed E-state index contributed by atoms with van der Waals surface area (Å²) in [7, 11) is 0. The van der Waals surface area contributed by atoms with Crippen LogP contribution in [0.2, 0.25) is 0 Å². The smallest absolute Gasteiger partial charge is 0.315 e. The zero-order valence-electron chi connectivity index (χ0n) is 12.1. The van der Waals surface area contributed by atoms with E-state index in [4.69, 9.17) is 5.11 Å². The second-order valence-electron chi connectivity index (χ2n) is 4.69. The molecule has 19 heavy (non-hydrogen) atoms. The molecule has 112 valence electrons. The van der Waals surface area contributed by atoms with Gasteiger partial charge in [-0.05, 0) is 44.6 Å². The van der Waals surface area contributed by atoms with Gasteiger partial charge in [0.25, 0.3) is 0 Å². The molecule has 0 aromatic rings. The van der Waals surface area contributed by atoms with E-state index in [0.717, 1.165) is 17.9 Å². The van der Waals surface area contributed by atoms with Crippen molar-refractivity contribution in [3.8, 4) is 0 Å². The van der Waals surface area contributed by atoms with Crippen LogP contribution in [0.3, 0.4) is 0 Å². The van der Waals surface area contributed by atoms with E-state index >= 15 is 0 Å². The Labute approximate surface area is 119 Å². The third-order valence-corrected chi connectivity index (χ3v) is 3.61. The van der Waals surface area contributed by atoms with E-state index in [1.165, 1.54) is 0 Å². The second kappa shape index (κ2) is 11.0. The number of carbonyl (C=O) groups excluding carboxylic acids is 1. The maximum Gasteiger partial charge on any atom is 0.315 e. The third kappa shape index (κ3) is 11.9. The normalized spacial score (nSPS) is 13.6. The van der Waals surface area contributed by atoms with Crippen molar-refractivity contribution in [1.82, 2.24) is 10.6 Å². The van der Waals surface area contributed by atoms with E-state index in [-0.39, 0.29) is 24.5 Å². The van der Waals surface area contributed by atoms with Crippen LogP contribution >= 0.6 is 11.8 Å². The summed E-state index contributed by atoms with van der Waals surface area (Å²) in [5.74, 6) is 1.35. The average molecular weight is 290 g/mol. The Morgan fingerprint density at radius 3 is 2.26 bits per heavy atom. The van der Waals surface area contributed by atoms with Gasteiger partial charge in [-0.3, -0.25) is 4.79 Å². The quantitative estimate of drug-likeness (QED) is 0.540. The van der Waals surface area contributed by atoms with Gasteiger partial charge in [-0.2, -0.15) is 11.8 Å². The Kier molecular flexibility index (Phi) is 10.4. The molecule has 3 N–H and O–H groups in total. The fourth-order valence-corrected chi connectivity index (χ4v) is 2.41. The molecule has 0 radical (unpaired) electrons. The van der Waals surface area contributed by atoms with E-state index in [2.05, 4.69) is 17.6 Å². The molecule has 0 fully saturated rings. The zero-order chi connectivity index (χ0) is 14.7. The first-order valence-corrected chi connectivity index (χ1v) is 7.97. The average Bonchev–Trinajstić information content (AvgIpc) is 2.28. The second-order valence-corrected chi connectivity index (χ2v) is 6.09. The highest BCUT2D eigenvalue weighted by Gasteiger charge is 2.10. The Morgan fingerprint density at radius 1 is 1.16 bits per heavy atom. The standard InChI is InChI=1S/C13H26N2O3S/c1-4-19-9-8-11(3)15-13(18)14-10(2)6-5-7-12(16)17/h10-11H,4-9H2,1-3H3,(H,16,17)(H2,14,15,18). The van der Waals surface area contributed by atoms with Crippen LogP contribution in [0, 0.1) is 0 Å². The van der Waals surface area contributed by atoms with Crippen LogP contribution in [0.15, 0.2) is 0 Å². The number of hydrogen-bond donors (Lipinski definition) is 3. The molecule has 0 aliphatic heterocycles. The molecular formula is C13H26N2O3S. The molecule has 0 aromatic heterocycles. The Balaban J connectivity index is 3.68. The van der Waals surface area contributed by atoms with E-state index in [9.17, 15) is 9.59 Å². The highest BCUT2D eigenvalue weighted by molar-refractivity contribution is 7.99. The van der Waals surface area contributed by atoms with E-state index in [1.54, 1.807) is 0 Å². The lowest BCUT2D eigenvalue weighted by atomic mass is 10.1. The molecule has 0 saturated carbocycles. The maximum absolute atomic E-state index is 11.6. The minimum atomic E-state index is -0.793. The number of urea groups is 1. The zero-order valence-corrected chi connectivity index (χ0v) is 12.9. The van der Waals surface area contributed by atoms with E-state index < -0.39 is 5.97 Å². The first-order chi connectivity index (χ1) is 8.95. The molecule has 0 rings (SSSR count). The van der Waals surface area contributed by atoms with Crippen LogP contribution in [0.1, 0.15) is 46.5 Å². The lowest BCUT2D eigenvalue weighted by molar-refractivity contribution is -0.137. The number of carbonyl (C=O) groups is 2. The molecule has 5 nitrogen and oxygen atoms in total. The van der Waals surface area contributed by atoms with Crippen molar-refractivity contribution >= 4 is 23.8 Å². The summed E-state index contributed by atoms with van der Waals surface area (Å²) < 4.78 is 0. The molecule has 0 heterocycles. The van der Waals surface area contributed by atoms with Gasteiger partial charge in [-0.1, -0.05) is 6.92 Å². The van der Waals surface area contributed by atoms with Gasteiger partial charge in [0, 0.05) is 18.5 Å². The number of carboxylic acid groups (broad SMARTS) is 1. The summed E-state index contributed by atoms with van der Waals surface area (Å²) in [6.45, 7) is 6.00. The van der Waals surface area contributed by atoms with Crippen LogP contribution in [0.4, 0.5) is 4.79 Å². The fourth-order valence-electron chi connectivity index (χ4n) is 1.60. The van der Waals surface area contributed by atoms with Crippen molar-refractivity contribution in [2.24, 2.45) is 0 Å². The van der Waals surface area contributed by atoms with Crippen molar-refractivity contribution in [2.45, 2.75) is 58.5 Å². The van der Waals surface area contributed by atoms with E-state index in [0.29, 0.717) is 12.8 Å². The number of thioether (sulfide) groups is 1. The van der Waals surface area contributed by atoms with Gasteiger partial charge in [0.2, 0.25) is 0 Å². The van der Waals surface area contributed by atoms with Gasteiger partial charge in [-0.15, -0.1) is 0 Å². The Hall–Kier alpha value is -0.910. The predicted molar refractivity (Wildman–Crippen MR) is 79.7 cm³/mol. The Bertz CT molecular complexity index is 275. The Morgan fingerprint density at radius 2 is 1.74 bits per heavy atom. The molecule has 6 heteroatoms. The van der Waals surface area contributed by atoms with Gasteiger partial charge < -0.3 is 15.7 Å². The van der Waals surface area contributed by atoms with Crippen molar-refractivity contribution in [3.63, 3.8) is 0 Å². The molecule has 0 bridgehead atoms. The minimum Gasteiger partial charge on any atom is -0.481 e. The summed E-state index contributed by atoms with van der Waals surface area (Å²) in [6, 6.07) is -0.0151. The van der Waals surface area contributed by atoms with Gasteiger partial charge >= 0.3 is 12.0 Å². The highest BCUT2D eigenvalue weighted by Crippen LogP contribution is 2.04. The fraction of sp³-hybridized carbons (Fsp3) is 0.846. The topological polar surface area (TPSA) is 78.4 Å². The van der Waals surface area contributed by atoms with Gasteiger partial charge in [0.05, 0.1) is 0 Å². The monoisotopic (exact) mass is 290 g/mol. The van der Waals surface area contributed by atoms with Gasteiger partial charge in [0.1, 0.15) is 0 Å². The number of nitrogens with one attached hydrogen (secondary N) is 2. The van der Waals surface area contributed by atoms with Gasteiger partial charge in [0.15, 0.2) is 0 Å². The molecule has 0 saturated heterocycles. The summed E-state index contributed by atoms with van der Waals surface area (Å²) in [5, 5.41) is 14.2. The summed E-state index contributed by atoms with van der Waals surface area (Å²) in [5.41, 5.74) is 0. The summed E-state index contributed by atoms with van der Waals surface area (Å²) in [6.07, 6.45) is 2.37. The molecule has 2 amide bonds. The lowest BCUT2D eigenvalue weighted by Gasteiger charge is -2.18. The summed E-state index contributed by atoms with van der Waals surface area (Å²) in [4.78, 5) is 22.0. The number of aliphatic carboxylic acids is 1. The van der Waals surface area contributed by atoms with Crippen molar-refractivity contribution in [1.29, 1.82) is 0 Å². The molecule has 2 unspecified atom stereocenters. The van der Waals surface area contributed by atoms with Crippen LogP contribution in [-0.2, 0) is 4.79 Å². The maximum atomic E-state index is 11.6.